The molecule has 0 aliphatic carbocycles. The number of piperidine rings is 1. The van der Waals surface area contributed by atoms with Crippen LogP contribution in [0.25, 0.3) is 0 Å². The van der Waals surface area contributed by atoms with Gasteiger partial charge in [-0.3, -0.25) is 0 Å². The molecule has 2 rings (SSSR count). The number of alkyl carbamates (subject to hydrolysis) is 1. The van der Waals surface area contributed by atoms with Gasteiger partial charge in [0, 0.05) is 24.7 Å². The standard InChI is InChI=1S/C15H24ClN5O2/c1-9-5-6-10(18-14(22)23-15(2,3)4)8-21(9)12-7-11(16)19-13(17)20-12/h7,9-10H,5-6,8H2,1-4H3,(H,18,22)(H2,17,19,20)/t9-,10+/m1/s1. The number of halogens is 1. The highest BCUT2D eigenvalue weighted by atomic mass is 35.5. The minimum absolute atomic E-state index is 0.0176. The highest BCUT2D eigenvalue weighted by molar-refractivity contribution is 6.29. The molecule has 1 aromatic rings. The van der Waals surface area contributed by atoms with E-state index < -0.39 is 11.7 Å². The molecule has 0 radical (unpaired) electrons. The van der Waals surface area contributed by atoms with Gasteiger partial charge < -0.3 is 20.7 Å². The van der Waals surface area contributed by atoms with E-state index in [1.165, 1.54) is 0 Å². The Labute approximate surface area is 141 Å². The number of carbonyl (C=O) groups is 1. The summed E-state index contributed by atoms with van der Waals surface area (Å²) in [6, 6.07) is 1.94. The van der Waals surface area contributed by atoms with Crippen molar-refractivity contribution in [2.24, 2.45) is 0 Å². The van der Waals surface area contributed by atoms with E-state index in [9.17, 15) is 4.79 Å². The molecule has 8 heteroatoms. The van der Waals surface area contributed by atoms with Crippen LogP contribution >= 0.6 is 11.6 Å². The average molecular weight is 342 g/mol. The fourth-order valence-electron chi connectivity index (χ4n) is 2.59. The van der Waals surface area contributed by atoms with Crippen LogP contribution in [0.4, 0.5) is 16.6 Å². The highest BCUT2D eigenvalue weighted by Crippen LogP contribution is 2.25. The predicted octanol–water partition coefficient (Wildman–Crippen LogP) is 2.59. The Morgan fingerprint density at radius 3 is 2.74 bits per heavy atom. The van der Waals surface area contributed by atoms with Crippen molar-refractivity contribution in [3.8, 4) is 0 Å². The van der Waals surface area contributed by atoms with E-state index in [0.29, 0.717) is 17.5 Å². The van der Waals surface area contributed by atoms with Crippen LogP contribution in [0.5, 0.6) is 0 Å². The number of rotatable bonds is 2. The normalized spacial score (nSPS) is 21.9. The Hall–Kier alpha value is -1.76. The first-order valence-corrected chi connectivity index (χ1v) is 8.08. The van der Waals surface area contributed by atoms with Gasteiger partial charge in [0.25, 0.3) is 0 Å². The molecule has 0 aromatic carbocycles. The Balaban J connectivity index is 2.05. The summed E-state index contributed by atoms with van der Waals surface area (Å²) in [6.07, 6.45) is 1.39. The Kier molecular flexibility index (Phi) is 5.19. The third kappa shape index (κ3) is 5.13. The highest BCUT2D eigenvalue weighted by Gasteiger charge is 2.29. The van der Waals surface area contributed by atoms with Crippen LogP contribution in [0.15, 0.2) is 6.07 Å². The van der Waals surface area contributed by atoms with Crippen molar-refractivity contribution in [2.45, 2.75) is 58.2 Å². The van der Waals surface area contributed by atoms with E-state index in [1.54, 1.807) is 6.07 Å². The molecule has 1 aliphatic heterocycles. The van der Waals surface area contributed by atoms with Gasteiger partial charge in [-0.15, -0.1) is 0 Å². The summed E-state index contributed by atoms with van der Waals surface area (Å²) in [5, 5.41) is 3.22. The Morgan fingerprint density at radius 1 is 1.43 bits per heavy atom. The SMILES string of the molecule is C[C@@H]1CC[C@H](NC(=O)OC(C)(C)C)CN1c1cc(Cl)nc(N)n1. The molecule has 1 amide bonds. The van der Waals surface area contributed by atoms with Gasteiger partial charge in [-0.25, -0.2) is 9.78 Å². The van der Waals surface area contributed by atoms with Crippen molar-refractivity contribution in [1.82, 2.24) is 15.3 Å². The van der Waals surface area contributed by atoms with Crippen LogP contribution in [0.3, 0.4) is 0 Å². The Morgan fingerprint density at radius 2 is 2.13 bits per heavy atom. The number of nitrogen functional groups attached to an aromatic ring is 1. The van der Waals surface area contributed by atoms with Crippen molar-refractivity contribution in [2.75, 3.05) is 17.2 Å². The van der Waals surface area contributed by atoms with Gasteiger partial charge in [0.15, 0.2) is 0 Å². The van der Waals surface area contributed by atoms with E-state index >= 15 is 0 Å². The van der Waals surface area contributed by atoms with Crippen molar-refractivity contribution >= 4 is 29.5 Å². The molecule has 1 fully saturated rings. The molecular formula is C15H24ClN5O2. The lowest BCUT2D eigenvalue weighted by Crippen LogP contribution is -2.52. The van der Waals surface area contributed by atoms with Crippen molar-refractivity contribution in [3.63, 3.8) is 0 Å². The molecule has 128 valence electrons. The maximum absolute atomic E-state index is 11.9. The lowest BCUT2D eigenvalue weighted by molar-refractivity contribution is 0.0497. The zero-order valence-corrected chi connectivity index (χ0v) is 14.7. The van der Waals surface area contributed by atoms with E-state index in [-0.39, 0.29) is 18.0 Å². The topological polar surface area (TPSA) is 93.4 Å². The molecule has 1 aliphatic rings. The first-order chi connectivity index (χ1) is 10.6. The van der Waals surface area contributed by atoms with Gasteiger partial charge in [-0.05, 0) is 40.5 Å². The fraction of sp³-hybridized carbons (Fsp3) is 0.667. The largest absolute Gasteiger partial charge is 0.444 e. The lowest BCUT2D eigenvalue weighted by Gasteiger charge is -2.39. The van der Waals surface area contributed by atoms with Gasteiger partial charge in [-0.2, -0.15) is 4.98 Å². The minimum Gasteiger partial charge on any atom is -0.444 e. The molecule has 0 spiro atoms. The summed E-state index contributed by atoms with van der Waals surface area (Å²) in [5.74, 6) is 0.813. The maximum Gasteiger partial charge on any atom is 0.407 e. The number of hydrogen-bond donors (Lipinski definition) is 2. The molecule has 1 saturated heterocycles. The number of hydrogen-bond acceptors (Lipinski definition) is 6. The first-order valence-electron chi connectivity index (χ1n) is 7.70. The number of amides is 1. The zero-order valence-electron chi connectivity index (χ0n) is 14.0. The third-order valence-electron chi connectivity index (χ3n) is 3.60. The van der Waals surface area contributed by atoms with E-state index in [1.807, 2.05) is 20.8 Å². The molecule has 1 aromatic heterocycles. The predicted molar refractivity (Wildman–Crippen MR) is 90.7 cm³/mol. The molecule has 7 nitrogen and oxygen atoms in total. The average Bonchev–Trinajstić information content (AvgIpc) is 2.37. The van der Waals surface area contributed by atoms with Gasteiger partial charge in [0.2, 0.25) is 5.95 Å². The number of aromatic nitrogens is 2. The number of carbonyl (C=O) groups excluding carboxylic acids is 1. The molecule has 0 saturated carbocycles. The number of nitrogens with two attached hydrogens (primary N) is 1. The minimum atomic E-state index is -0.514. The van der Waals surface area contributed by atoms with Crippen molar-refractivity contribution in [3.05, 3.63) is 11.2 Å². The molecule has 3 N–H and O–H groups in total. The maximum atomic E-state index is 11.9. The number of anilines is 2. The molecule has 0 bridgehead atoms. The summed E-state index contributed by atoms with van der Waals surface area (Å²) in [5.41, 5.74) is 5.16. The molecule has 2 heterocycles. The van der Waals surface area contributed by atoms with Crippen LogP contribution in [-0.4, -0.2) is 40.3 Å². The van der Waals surface area contributed by atoms with Gasteiger partial charge in [0.05, 0.1) is 0 Å². The number of ether oxygens (including phenoxy) is 1. The second kappa shape index (κ2) is 6.78. The molecule has 23 heavy (non-hydrogen) atoms. The summed E-state index contributed by atoms with van der Waals surface area (Å²) in [6.45, 7) is 8.25. The van der Waals surface area contributed by atoms with E-state index in [4.69, 9.17) is 22.1 Å². The quantitative estimate of drug-likeness (QED) is 0.803. The second-order valence-corrected chi connectivity index (χ2v) is 7.22. The monoisotopic (exact) mass is 341 g/mol. The van der Waals surface area contributed by atoms with E-state index in [0.717, 1.165) is 12.8 Å². The second-order valence-electron chi connectivity index (χ2n) is 6.83. The van der Waals surface area contributed by atoms with Crippen LogP contribution in [-0.2, 0) is 4.74 Å². The third-order valence-corrected chi connectivity index (χ3v) is 3.79. The van der Waals surface area contributed by atoms with Crippen LogP contribution in [0, 0.1) is 0 Å². The fourth-order valence-corrected chi connectivity index (χ4v) is 2.77. The van der Waals surface area contributed by atoms with Crippen LogP contribution in [0.1, 0.15) is 40.5 Å². The number of nitrogens with one attached hydrogen (secondary N) is 1. The van der Waals surface area contributed by atoms with Crippen LogP contribution < -0.4 is 16.0 Å². The summed E-state index contributed by atoms with van der Waals surface area (Å²) in [7, 11) is 0. The summed E-state index contributed by atoms with van der Waals surface area (Å²) >= 11 is 5.96. The van der Waals surface area contributed by atoms with Gasteiger partial charge >= 0.3 is 6.09 Å². The first kappa shape index (κ1) is 17.6. The number of nitrogens with zero attached hydrogens (tertiary/aromatic N) is 3. The zero-order chi connectivity index (χ0) is 17.2. The van der Waals surface area contributed by atoms with Crippen molar-refractivity contribution < 1.29 is 9.53 Å². The van der Waals surface area contributed by atoms with Gasteiger partial charge in [-0.1, -0.05) is 11.6 Å². The smallest absolute Gasteiger partial charge is 0.407 e. The molecule has 2 atom stereocenters. The molecular weight excluding hydrogens is 318 g/mol. The Bertz CT molecular complexity index is 555. The van der Waals surface area contributed by atoms with Gasteiger partial charge in [0.1, 0.15) is 16.6 Å². The molecule has 0 unspecified atom stereocenters. The van der Waals surface area contributed by atoms with Crippen molar-refractivity contribution in [1.29, 1.82) is 0 Å². The lowest BCUT2D eigenvalue weighted by atomic mass is 9.99. The summed E-state index contributed by atoms with van der Waals surface area (Å²) < 4.78 is 5.31. The summed E-state index contributed by atoms with van der Waals surface area (Å²) in [4.78, 5) is 22.1. The van der Waals surface area contributed by atoms with Crippen LogP contribution in [0.2, 0.25) is 5.15 Å². The van der Waals surface area contributed by atoms with E-state index in [2.05, 4.69) is 27.1 Å².